The fraction of sp³-hybridized carbons (Fsp3) is 0.0588. The van der Waals surface area contributed by atoms with Crippen LogP contribution in [-0.4, -0.2) is 15.4 Å². The molecule has 5 nitrogen and oxygen atoms in total. The quantitative estimate of drug-likeness (QED) is 0.574. The topological polar surface area (TPSA) is 82.2 Å². The van der Waals surface area contributed by atoms with Gasteiger partial charge < -0.3 is 11.5 Å². The molecule has 1 aromatic heterocycles. The number of nitrogens with two attached hydrogens (primary N) is 2. The third-order valence-corrected chi connectivity index (χ3v) is 3.43. The summed E-state index contributed by atoms with van der Waals surface area (Å²) >= 11 is 0. The van der Waals surface area contributed by atoms with Gasteiger partial charge in [-0.3, -0.25) is 9.56 Å². The molecule has 0 amide bonds. The van der Waals surface area contributed by atoms with E-state index in [2.05, 4.69) is 9.98 Å². The van der Waals surface area contributed by atoms with Crippen molar-refractivity contribution in [3.8, 4) is 5.69 Å². The minimum atomic E-state index is -0.309. The van der Waals surface area contributed by atoms with Gasteiger partial charge in [0.1, 0.15) is 29.5 Å². The van der Waals surface area contributed by atoms with Gasteiger partial charge in [0.15, 0.2) is 0 Å². The smallest absolute Gasteiger partial charge is 0.148 e. The van der Waals surface area contributed by atoms with Crippen molar-refractivity contribution < 1.29 is 4.39 Å². The highest BCUT2D eigenvalue weighted by Gasteiger charge is 2.12. The maximum atomic E-state index is 13.0. The molecule has 0 saturated carbocycles. The van der Waals surface area contributed by atoms with Crippen LogP contribution >= 0.6 is 0 Å². The van der Waals surface area contributed by atoms with Crippen molar-refractivity contribution in [1.29, 1.82) is 0 Å². The zero-order valence-electron chi connectivity index (χ0n) is 12.4. The van der Waals surface area contributed by atoms with Gasteiger partial charge in [0, 0.05) is 5.69 Å². The lowest BCUT2D eigenvalue weighted by Crippen LogP contribution is -2.16. The average molecular weight is 309 g/mol. The van der Waals surface area contributed by atoms with Crippen LogP contribution < -0.4 is 11.5 Å². The van der Waals surface area contributed by atoms with E-state index in [1.807, 2.05) is 30.3 Å². The van der Waals surface area contributed by atoms with Gasteiger partial charge >= 0.3 is 0 Å². The largest absolute Gasteiger partial charge is 0.383 e. The molecule has 0 unspecified atom stereocenters. The number of hydrogen-bond donors (Lipinski definition) is 2. The molecule has 0 aliphatic rings. The second kappa shape index (κ2) is 6.31. The van der Waals surface area contributed by atoms with E-state index in [0.29, 0.717) is 23.7 Å². The van der Waals surface area contributed by atoms with E-state index in [1.54, 1.807) is 23.0 Å². The highest BCUT2D eigenvalue weighted by atomic mass is 19.1. The molecule has 23 heavy (non-hydrogen) atoms. The molecule has 3 rings (SSSR count). The summed E-state index contributed by atoms with van der Waals surface area (Å²) in [4.78, 5) is 8.54. The number of halogens is 1. The molecule has 2 aromatic carbocycles. The van der Waals surface area contributed by atoms with Gasteiger partial charge in [-0.2, -0.15) is 0 Å². The average Bonchev–Trinajstić information content (AvgIpc) is 2.96. The molecule has 0 bridgehead atoms. The number of aromatic nitrogens is 2. The second-order valence-corrected chi connectivity index (χ2v) is 5.01. The number of aliphatic imine (C=N–C) groups is 1. The Bertz CT molecular complexity index is 822. The van der Waals surface area contributed by atoms with Gasteiger partial charge in [-0.1, -0.05) is 30.3 Å². The van der Waals surface area contributed by atoms with Crippen LogP contribution in [0.25, 0.3) is 5.69 Å². The van der Waals surface area contributed by atoms with E-state index in [9.17, 15) is 4.39 Å². The minimum Gasteiger partial charge on any atom is -0.383 e. The number of nitrogen functional groups attached to an aromatic ring is 1. The van der Waals surface area contributed by atoms with Crippen LogP contribution in [0.15, 0.2) is 65.9 Å². The SMILES string of the molecule is NC(=NCc1ccccc1)c1ncn(-c2ccc(F)cc2)c1N. The number of hydrogen-bond acceptors (Lipinski definition) is 3. The van der Waals surface area contributed by atoms with Crippen LogP contribution in [0, 0.1) is 5.82 Å². The molecule has 4 N–H and O–H groups in total. The molecule has 0 atom stereocenters. The molecule has 0 fully saturated rings. The van der Waals surface area contributed by atoms with Gasteiger partial charge in [0.05, 0.1) is 6.54 Å². The summed E-state index contributed by atoms with van der Waals surface area (Å²) in [6.45, 7) is 0.454. The lowest BCUT2D eigenvalue weighted by molar-refractivity contribution is 0.627. The standard InChI is InChI=1S/C17H16FN5/c18-13-6-8-14(9-7-13)23-11-22-15(17(23)20)16(19)21-10-12-4-2-1-3-5-12/h1-9,11H,10,20H2,(H2,19,21). The first-order valence-corrected chi connectivity index (χ1v) is 7.08. The first kappa shape index (κ1) is 14.8. The second-order valence-electron chi connectivity index (χ2n) is 5.01. The summed E-state index contributed by atoms with van der Waals surface area (Å²) in [5.74, 6) is 0.328. The first-order chi connectivity index (χ1) is 11.1. The fourth-order valence-corrected chi connectivity index (χ4v) is 2.20. The van der Waals surface area contributed by atoms with Crippen LogP contribution in [-0.2, 0) is 6.54 Å². The summed E-state index contributed by atoms with van der Waals surface area (Å²) in [5.41, 5.74) is 14.3. The van der Waals surface area contributed by atoms with E-state index in [-0.39, 0.29) is 11.7 Å². The van der Waals surface area contributed by atoms with Crippen molar-refractivity contribution >= 4 is 11.7 Å². The third kappa shape index (κ3) is 3.21. The van der Waals surface area contributed by atoms with Gasteiger partial charge in [0.25, 0.3) is 0 Å². The number of amidine groups is 1. The molecule has 0 spiro atoms. The van der Waals surface area contributed by atoms with Crippen LogP contribution in [0.3, 0.4) is 0 Å². The van der Waals surface area contributed by atoms with Crippen molar-refractivity contribution in [2.75, 3.05) is 5.73 Å². The van der Waals surface area contributed by atoms with E-state index >= 15 is 0 Å². The Morgan fingerprint density at radius 3 is 2.48 bits per heavy atom. The van der Waals surface area contributed by atoms with Gasteiger partial charge in [-0.05, 0) is 29.8 Å². The summed E-state index contributed by atoms with van der Waals surface area (Å²) < 4.78 is 14.6. The monoisotopic (exact) mass is 309 g/mol. The summed E-state index contributed by atoms with van der Waals surface area (Å²) in [6.07, 6.45) is 1.54. The van der Waals surface area contributed by atoms with E-state index in [1.165, 1.54) is 12.1 Å². The van der Waals surface area contributed by atoms with Gasteiger partial charge in [-0.25, -0.2) is 9.37 Å². The van der Waals surface area contributed by atoms with Gasteiger partial charge in [-0.15, -0.1) is 0 Å². The van der Waals surface area contributed by atoms with Crippen LogP contribution in [0.4, 0.5) is 10.2 Å². The molecule has 116 valence electrons. The highest BCUT2D eigenvalue weighted by Crippen LogP contribution is 2.17. The zero-order valence-corrected chi connectivity index (χ0v) is 12.4. The molecule has 0 aliphatic heterocycles. The Kier molecular flexibility index (Phi) is 4.05. The Hall–Kier alpha value is -3.15. The molecule has 1 heterocycles. The van der Waals surface area contributed by atoms with E-state index in [4.69, 9.17) is 11.5 Å². The maximum absolute atomic E-state index is 13.0. The maximum Gasteiger partial charge on any atom is 0.148 e. The van der Waals surface area contributed by atoms with Crippen molar-refractivity contribution in [3.63, 3.8) is 0 Å². The van der Waals surface area contributed by atoms with Crippen LogP contribution in [0.1, 0.15) is 11.3 Å². The molecular weight excluding hydrogens is 293 g/mol. The molecule has 6 heteroatoms. The minimum absolute atomic E-state index is 0.271. The van der Waals surface area contributed by atoms with Crippen molar-refractivity contribution in [2.45, 2.75) is 6.54 Å². The first-order valence-electron chi connectivity index (χ1n) is 7.08. The van der Waals surface area contributed by atoms with Crippen LogP contribution in [0.5, 0.6) is 0 Å². The summed E-state index contributed by atoms with van der Waals surface area (Å²) in [5, 5.41) is 0. The number of benzene rings is 2. The number of rotatable bonds is 4. The summed E-state index contributed by atoms with van der Waals surface area (Å²) in [6, 6.07) is 15.7. The Morgan fingerprint density at radius 2 is 1.78 bits per heavy atom. The number of nitrogens with zero attached hydrogens (tertiary/aromatic N) is 3. The van der Waals surface area contributed by atoms with Crippen molar-refractivity contribution in [1.82, 2.24) is 9.55 Å². The Balaban J connectivity index is 1.85. The molecule has 0 radical (unpaired) electrons. The molecule has 0 saturated heterocycles. The number of imidazole rings is 1. The molecule has 3 aromatic rings. The molecular formula is C17H16FN5. The Morgan fingerprint density at radius 1 is 1.09 bits per heavy atom. The Labute approximate surface area is 133 Å². The third-order valence-electron chi connectivity index (χ3n) is 3.43. The zero-order chi connectivity index (χ0) is 16.2. The lowest BCUT2D eigenvalue weighted by atomic mass is 10.2. The lowest BCUT2D eigenvalue weighted by Gasteiger charge is -2.05. The van der Waals surface area contributed by atoms with Crippen molar-refractivity contribution in [3.05, 3.63) is 78.0 Å². The normalized spacial score (nSPS) is 11.6. The predicted molar refractivity (Wildman–Crippen MR) is 88.8 cm³/mol. The van der Waals surface area contributed by atoms with E-state index in [0.717, 1.165) is 5.56 Å². The summed E-state index contributed by atoms with van der Waals surface area (Å²) in [7, 11) is 0. The highest BCUT2D eigenvalue weighted by molar-refractivity contribution is 5.99. The van der Waals surface area contributed by atoms with E-state index < -0.39 is 0 Å². The number of anilines is 1. The van der Waals surface area contributed by atoms with Crippen LogP contribution in [0.2, 0.25) is 0 Å². The van der Waals surface area contributed by atoms with Crippen molar-refractivity contribution in [2.24, 2.45) is 10.7 Å². The fourth-order valence-electron chi connectivity index (χ4n) is 2.20. The van der Waals surface area contributed by atoms with Gasteiger partial charge in [0.2, 0.25) is 0 Å². The predicted octanol–water partition coefficient (Wildman–Crippen LogP) is 2.50. The molecule has 0 aliphatic carbocycles.